The molecule has 1 aliphatic rings. The topological polar surface area (TPSA) is 48.4 Å². The minimum Gasteiger partial charge on any atom is -0.435 e. The number of ether oxygens (including phenoxy) is 2. The van der Waals surface area contributed by atoms with Gasteiger partial charge in [-0.1, -0.05) is 23.2 Å². The fourth-order valence-electron chi connectivity index (χ4n) is 2.09. The van der Waals surface area contributed by atoms with E-state index in [-0.39, 0.29) is 27.1 Å². The summed E-state index contributed by atoms with van der Waals surface area (Å²) in [5.74, 6) is -0.590. The summed E-state index contributed by atoms with van der Waals surface area (Å²) in [5.41, 5.74) is 0.989. The molecule has 0 saturated heterocycles. The van der Waals surface area contributed by atoms with Gasteiger partial charge < -0.3 is 9.47 Å². The molecule has 0 radical (unpaired) electrons. The number of esters is 1. The maximum absolute atomic E-state index is 12.2. The molecule has 4 nitrogen and oxygen atoms in total. The highest BCUT2D eigenvalue weighted by Crippen LogP contribution is 2.36. The number of halogens is 4. The van der Waals surface area contributed by atoms with Crippen LogP contribution in [0, 0.1) is 0 Å². The van der Waals surface area contributed by atoms with Crippen LogP contribution in [0.4, 0.5) is 8.78 Å². The van der Waals surface area contributed by atoms with Gasteiger partial charge in [-0.05, 0) is 24.3 Å². The van der Waals surface area contributed by atoms with Crippen molar-refractivity contribution in [3.63, 3.8) is 0 Å². The maximum Gasteiger partial charge on any atom is 0.387 e. The normalized spacial score (nSPS) is 15.0. The molecule has 23 heavy (non-hydrogen) atoms. The van der Waals surface area contributed by atoms with Crippen LogP contribution in [0.1, 0.15) is 21.5 Å². The van der Waals surface area contributed by atoms with Crippen molar-refractivity contribution in [2.45, 2.75) is 6.61 Å². The second kappa shape index (κ2) is 6.14. The van der Waals surface area contributed by atoms with Crippen molar-refractivity contribution in [1.82, 2.24) is 4.98 Å². The van der Waals surface area contributed by atoms with E-state index < -0.39 is 12.6 Å². The first-order valence-corrected chi connectivity index (χ1v) is 7.03. The molecule has 0 N–H and O–H groups in total. The van der Waals surface area contributed by atoms with Gasteiger partial charge in [0, 0.05) is 23.5 Å². The summed E-state index contributed by atoms with van der Waals surface area (Å²) < 4.78 is 33.9. The van der Waals surface area contributed by atoms with Crippen LogP contribution in [0.5, 0.6) is 5.75 Å². The molecule has 0 atom stereocenters. The van der Waals surface area contributed by atoms with Crippen LogP contribution in [0.15, 0.2) is 30.6 Å². The van der Waals surface area contributed by atoms with Gasteiger partial charge in [0.2, 0.25) is 0 Å². The van der Waals surface area contributed by atoms with Gasteiger partial charge in [-0.25, -0.2) is 4.79 Å². The molecule has 2 aromatic rings. The van der Waals surface area contributed by atoms with Crippen molar-refractivity contribution >= 4 is 41.0 Å². The summed E-state index contributed by atoms with van der Waals surface area (Å²) in [6.45, 7) is -2.98. The lowest BCUT2D eigenvalue weighted by atomic mass is 10.1. The number of alkyl halides is 2. The zero-order valence-electron chi connectivity index (χ0n) is 11.2. The first-order chi connectivity index (χ1) is 11.0. The number of hydrogen-bond acceptors (Lipinski definition) is 4. The minimum absolute atomic E-state index is 0.121. The van der Waals surface area contributed by atoms with Crippen LogP contribution >= 0.6 is 23.2 Å². The Morgan fingerprint density at radius 1 is 1.17 bits per heavy atom. The number of benzene rings is 1. The van der Waals surface area contributed by atoms with E-state index in [0.29, 0.717) is 11.1 Å². The van der Waals surface area contributed by atoms with E-state index in [2.05, 4.69) is 9.72 Å². The van der Waals surface area contributed by atoms with E-state index in [9.17, 15) is 13.6 Å². The molecule has 2 heterocycles. The molecular weight excluding hydrogens is 351 g/mol. The van der Waals surface area contributed by atoms with Crippen LogP contribution in [0.25, 0.3) is 11.8 Å². The van der Waals surface area contributed by atoms with Crippen molar-refractivity contribution < 1.29 is 23.0 Å². The Labute approximate surface area is 139 Å². The average molecular weight is 358 g/mol. The number of carbonyl (C=O) groups excluding carboxylic acids is 1. The Morgan fingerprint density at radius 2 is 1.87 bits per heavy atom. The Kier molecular flexibility index (Phi) is 4.19. The number of rotatable bonds is 3. The highest BCUT2D eigenvalue weighted by Gasteiger charge is 2.28. The zero-order chi connectivity index (χ0) is 16.6. The van der Waals surface area contributed by atoms with E-state index in [1.54, 1.807) is 0 Å². The van der Waals surface area contributed by atoms with Crippen LogP contribution in [0.2, 0.25) is 10.0 Å². The Bertz CT molecular complexity index is 804. The molecule has 3 rings (SSSR count). The predicted octanol–water partition coefficient (Wildman–Crippen LogP) is 4.66. The third-order valence-corrected chi connectivity index (χ3v) is 3.67. The van der Waals surface area contributed by atoms with E-state index in [4.69, 9.17) is 27.9 Å². The Balaban J connectivity index is 2.03. The Morgan fingerprint density at radius 3 is 2.52 bits per heavy atom. The maximum atomic E-state index is 12.2. The van der Waals surface area contributed by atoms with E-state index in [1.165, 1.54) is 36.7 Å². The van der Waals surface area contributed by atoms with Crippen molar-refractivity contribution in [1.29, 1.82) is 0 Å². The molecule has 0 fully saturated rings. The van der Waals surface area contributed by atoms with Crippen molar-refractivity contribution in [2.75, 3.05) is 0 Å². The molecule has 1 aromatic heterocycles. The zero-order valence-corrected chi connectivity index (χ0v) is 12.7. The summed E-state index contributed by atoms with van der Waals surface area (Å²) in [7, 11) is 0. The SMILES string of the molecule is O=C1O/C(=C/c2c(Cl)cncc2Cl)c2ccc(OC(F)F)cc21. The molecule has 0 spiro atoms. The first-order valence-electron chi connectivity index (χ1n) is 6.28. The van der Waals surface area contributed by atoms with Crippen LogP contribution in [-0.4, -0.2) is 17.6 Å². The summed E-state index contributed by atoms with van der Waals surface area (Å²) in [5, 5.41) is 0.569. The third-order valence-electron chi connectivity index (χ3n) is 3.07. The number of aromatic nitrogens is 1. The molecule has 8 heteroatoms. The summed E-state index contributed by atoms with van der Waals surface area (Å²) in [6, 6.07) is 3.96. The second-order valence-electron chi connectivity index (χ2n) is 4.50. The average Bonchev–Trinajstić information content (AvgIpc) is 2.79. The van der Waals surface area contributed by atoms with Crippen molar-refractivity contribution in [3.05, 3.63) is 57.3 Å². The van der Waals surface area contributed by atoms with Gasteiger partial charge in [0.15, 0.2) is 0 Å². The number of cyclic esters (lactones) is 1. The van der Waals surface area contributed by atoms with Gasteiger partial charge >= 0.3 is 12.6 Å². The second-order valence-corrected chi connectivity index (χ2v) is 5.32. The number of hydrogen-bond donors (Lipinski definition) is 0. The molecule has 0 aliphatic carbocycles. The lowest BCUT2D eigenvalue weighted by molar-refractivity contribution is -0.0499. The molecule has 118 valence electrons. The number of carbonyl (C=O) groups is 1. The number of fused-ring (bicyclic) bond motifs is 1. The Hall–Kier alpha value is -2.18. The lowest BCUT2D eigenvalue weighted by Crippen LogP contribution is -2.03. The van der Waals surface area contributed by atoms with Crippen LogP contribution in [0.3, 0.4) is 0 Å². The molecule has 0 saturated carbocycles. The fraction of sp³-hybridized carbons (Fsp3) is 0.0667. The van der Waals surface area contributed by atoms with Crippen molar-refractivity contribution in [2.24, 2.45) is 0 Å². The predicted molar refractivity (Wildman–Crippen MR) is 80.6 cm³/mol. The summed E-state index contributed by atoms with van der Waals surface area (Å²) in [4.78, 5) is 15.7. The monoisotopic (exact) mass is 357 g/mol. The number of pyridine rings is 1. The van der Waals surface area contributed by atoms with Crippen LogP contribution < -0.4 is 4.74 Å². The van der Waals surface area contributed by atoms with E-state index in [1.807, 2.05) is 0 Å². The molecular formula is C15H7Cl2F2NO3. The fourth-order valence-corrected chi connectivity index (χ4v) is 2.56. The smallest absolute Gasteiger partial charge is 0.387 e. The third kappa shape index (κ3) is 3.13. The van der Waals surface area contributed by atoms with Gasteiger partial charge in [0.25, 0.3) is 0 Å². The summed E-state index contributed by atoms with van der Waals surface area (Å²) >= 11 is 12.0. The molecule has 0 amide bonds. The quantitative estimate of drug-likeness (QED) is 0.749. The van der Waals surface area contributed by atoms with Crippen molar-refractivity contribution in [3.8, 4) is 5.75 Å². The molecule has 0 unspecified atom stereocenters. The van der Waals surface area contributed by atoms with Gasteiger partial charge in [-0.15, -0.1) is 0 Å². The van der Waals surface area contributed by atoms with Gasteiger partial charge in [0.1, 0.15) is 11.5 Å². The van der Waals surface area contributed by atoms with Gasteiger partial charge in [0.05, 0.1) is 15.6 Å². The standard InChI is InChI=1S/C15H7Cl2F2NO3/c16-11-5-20-6-12(17)10(11)4-13-8-2-1-7(22-15(18)19)3-9(8)14(21)23-13/h1-6,15H/b13-4+. The molecule has 1 aliphatic heterocycles. The molecule has 1 aromatic carbocycles. The summed E-state index contributed by atoms with van der Waals surface area (Å²) in [6.07, 6.45) is 4.29. The molecule has 0 bridgehead atoms. The van der Waals surface area contributed by atoms with Gasteiger partial charge in [-0.3, -0.25) is 4.98 Å². The highest BCUT2D eigenvalue weighted by atomic mass is 35.5. The minimum atomic E-state index is -2.98. The lowest BCUT2D eigenvalue weighted by Gasteiger charge is -2.05. The van der Waals surface area contributed by atoms with Gasteiger partial charge in [-0.2, -0.15) is 8.78 Å². The van der Waals surface area contributed by atoms with E-state index in [0.717, 1.165) is 0 Å². The van der Waals surface area contributed by atoms with E-state index >= 15 is 0 Å². The largest absolute Gasteiger partial charge is 0.435 e. The first kappa shape index (κ1) is 15.7. The van der Waals surface area contributed by atoms with Crippen LogP contribution in [-0.2, 0) is 4.74 Å². The number of nitrogens with zero attached hydrogens (tertiary/aromatic N) is 1. The highest BCUT2D eigenvalue weighted by molar-refractivity contribution is 6.37.